The number of nitrogens with zero attached hydrogens (tertiary/aromatic N) is 1. The average Bonchev–Trinajstić information content (AvgIpc) is 2.66. The van der Waals surface area contributed by atoms with Crippen molar-refractivity contribution in [3.63, 3.8) is 0 Å². The predicted molar refractivity (Wildman–Crippen MR) is 100 cm³/mol. The molecule has 0 aliphatic heterocycles. The summed E-state index contributed by atoms with van der Waals surface area (Å²) < 4.78 is 6.81. The molecule has 0 aliphatic rings. The Kier molecular flexibility index (Phi) is 6.59. The molecule has 0 fully saturated rings. The summed E-state index contributed by atoms with van der Waals surface area (Å²) in [5.74, 6) is 0.348. The van der Waals surface area contributed by atoms with Crippen molar-refractivity contribution in [3.8, 4) is 11.5 Å². The maximum Gasteiger partial charge on any atom is 0.196 e. The van der Waals surface area contributed by atoms with Crippen LogP contribution in [0.4, 0.5) is 0 Å². The number of carbonyl (C=O) groups excluding carboxylic acids is 1. The summed E-state index contributed by atoms with van der Waals surface area (Å²) in [6.07, 6.45) is 0. The lowest BCUT2D eigenvalue weighted by atomic mass is 10.0. The molecule has 2 rings (SSSR count). The van der Waals surface area contributed by atoms with Crippen molar-refractivity contribution in [1.82, 2.24) is 0 Å². The molecule has 4 nitrogen and oxygen atoms in total. The Labute approximate surface area is 150 Å². The summed E-state index contributed by atoms with van der Waals surface area (Å²) in [6.45, 7) is 11.3. The first-order valence-corrected chi connectivity index (χ1v) is 8.96. The van der Waals surface area contributed by atoms with Crippen LogP contribution in [0.2, 0.25) is 0 Å². The van der Waals surface area contributed by atoms with Crippen molar-refractivity contribution < 1.29 is 19.1 Å². The summed E-state index contributed by atoms with van der Waals surface area (Å²) in [4.78, 5) is 12.4. The number of ether oxygens (including phenoxy) is 1. The molecule has 0 amide bonds. The van der Waals surface area contributed by atoms with Crippen LogP contribution >= 0.6 is 0 Å². The second-order valence-corrected chi connectivity index (χ2v) is 6.24. The van der Waals surface area contributed by atoms with Crippen LogP contribution < -0.4 is 4.74 Å². The maximum atomic E-state index is 12.4. The van der Waals surface area contributed by atoms with E-state index in [-0.39, 0.29) is 11.5 Å². The van der Waals surface area contributed by atoms with E-state index in [1.165, 1.54) is 6.07 Å². The number of phenols is 1. The minimum absolute atomic E-state index is 0.0476. The van der Waals surface area contributed by atoms with Crippen molar-refractivity contribution in [3.05, 3.63) is 59.7 Å². The Balaban J connectivity index is 2.03. The number of ketones is 1. The summed E-state index contributed by atoms with van der Waals surface area (Å²) in [5.41, 5.74) is 0.849. The molecule has 0 unspecified atom stereocenters. The number of benzene rings is 2. The molecular weight excluding hydrogens is 314 g/mol. The van der Waals surface area contributed by atoms with Crippen molar-refractivity contribution in [2.75, 3.05) is 32.8 Å². The van der Waals surface area contributed by atoms with Gasteiger partial charge >= 0.3 is 0 Å². The SMILES string of the molecule is CC[N+](CC)(CC)CCOc1ccc(C(=O)c2ccccc2)c(O)c1. The van der Waals surface area contributed by atoms with Gasteiger partial charge in [-0.3, -0.25) is 4.79 Å². The van der Waals surface area contributed by atoms with Gasteiger partial charge in [0, 0.05) is 11.6 Å². The highest BCUT2D eigenvalue weighted by molar-refractivity contribution is 6.10. The van der Waals surface area contributed by atoms with E-state index in [0.717, 1.165) is 30.7 Å². The minimum atomic E-state index is -0.191. The van der Waals surface area contributed by atoms with Crippen LogP contribution in [-0.4, -0.2) is 48.2 Å². The lowest BCUT2D eigenvalue weighted by Crippen LogP contribution is -2.49. The molecule has 0 spiro atoms. The van der Waals surface area contributed by atoms with Crippen LogP contribution in [0.15, 0.2) is 48.5 Å². The number of likely N-dealkylation sites (N-methyl/N-ethyl adjacent to an activating group) is 1. The van der Waals surface area contributed by atoms with Crippen molar-refractivity contribution in [2.45, 2.75) is 20.8 Å². The smallest absolute Gasteiger partial charge is 0.196 e. The van der Waals surface area contributed by atoms with Gasteiger partial charge in [0.25, 0.3) is 0 Å². The molecule has 0 bridgehead atoms. The van der Waals surface area contributed by atoms with Gasteiger partial charge in [-0.2, -0.15) is 0 Å². The summed E-state index contributed by atoms with van der Waals surface area (Å²) in [6, 6.07) is 13.8. The second-order valence-electron chi connectivity index (χ2n) is 6.24. The zero-order chi connectivity index (χ0) is 18.3. The van der Waals surface area contributed by atoms with E-state index >= 15 is 0 Å². The van der Waals surface area contributed by atoms with E-state index < -0.39 is 0 Å². The Bertz CT molecular complexity index is 685. The summed E-state index contributed by atoms with van der Waals surface area (Å²) >= 11 is 0. The van der Waals surface area contributed by atoms with Crippen LogP contribution in [0, 0.1) is 0 Å². The fourth-order valence-corrected chi connectivity index (χ4v) is 3.04. The average molecular weight is 342 g/mol. The predicted octanol–water partition coefficient (Wildman–Crippen LogP) is 3.88. The van der Waals surface area contributed by atoms with E-state index in [0.29, 0.717) is 23.5 Å². The first-order valence-electron chi connectivity index (χ1n) is 8.96. The maximum absolute atomic E-state index is 12.4. The van der Waals surface area contributed by atoms with Gasteiger partial charge < -0.3 is 14.3 Å². The molecule has 134 valence electrons. The second kappa shape index (κ2) is 8.67. The van der Waals surface area contributed by atoms with Crippen molar-refractivity contribution >= 4 is 5.78 Å². The highest BCUT2D eigenvalue weighted by Gasteiger charge is 2.20. The van der Waals surface area contributed by atoms with Gasteiger partial charge in [0.1, 0.15) is 24.7 Å². The number of phenolic OH excluding ortho intramolecular Hbond substituents is 1. The molecule has 0 aliphatic carbocycles. The largest absolute Gasteiger partial charge is 0.507 e. The minimum Gasteiger partial charge on any atom is -0.507 e. The standard InChI is InChI=1S/C21H27NO3/c1-4-22(5-2,6-3)14-15-25-18-12-13-19(20(23)16-18)21(24)17-10-8-7-9-11-17/h7-13,16H,4-6,14-15H2,1-3H3/p+1. The first kappa shape index (κ1) is 19.0. The molecular formula is C21H28NO3+. The van der Waals surface area contributed by atoms with Crippen molar-refractivity contribution in [2.24, 2.45) is 0 Å². The van der Waals surface area contributed by atoms with Crippen LogP contribution in [0.1, 0.15) is 36.7 Å². The number of hydrogen-bond acceptors (Lipinski definition) is 3. The van der Waals surface area contributed by atoms with E-state index in [1.807, 2.05) is 18.2 Å². The first-order chi connectivity index (χ1) is 12.0. The molecule has 2 aromatic carbocycles. The Morgan fingerprint density at radius 3 is 2.20 bits per heavy atom. The zero-order valence-electron chi connectivity index (χ0n) is 15.4. The Morgan fingerprint density at radius 2 is 1.64 bits per heavy atom. The molecule has 0 radical (unpaired) electrons. The molecule has 4 heteroatoms. The van der Waals surface area contributed by atoms with Gasteiger partial charge in [-0.1, -0.05) is 30.3 Å². The van der Waals surface area contributed by atoms with E-state index in [1.54, 1.807) is 24.3 Å². The van der Waals surface area contributed by atoms with Gasteiger partial charge in [-0.15, -0.1) is 0 Å². The third-order valence-corrected chi connectivity index (χ3v) is 5.10. The van der Waals surface area contributed by atoms with Crippen LogP contribution in [0.25, 0.3) is 0 Å². The normalized spacial score (nSPS) is 11.3. The van der Waals surface area contributed by atoms with Gasteiger partial charge in [-0.05, 0) is 32.9 Å². The molecule has 0 heterocycles. The summed E-state index contributed by atoms with van der Waals surface area (Å²) in [5, 5.41) is 10.2. The monoisotopic (exact) mass is 342 g/mol. The number of quaternary nitrogens is 1. The summed E-state index contributed by atoms with van der Waals surface area (Å²) in [7, 11) is 0. The molecule has 25 heavy (non-hydrogen) atoms. The van der Waals surface area contributed by atoms with Crippen molar-refractivity contribution in [1.29, 1.82) is 0 Å². The Hall–Kier alpha value is -2.33. The quantitative estimate of drug-likeness (QED) is 0.556. The number of carbonyl (C=O) groups is 1. The van der Waals surface area contributed by atoms with Gasteiger partial charge in [0.15, 0.2) is 5.78 Å². The fourth-order valence-electron chi connectivity index (χ4n) is 3.04. The third-order valence-electron chi connectivity index (χ3n) is 5.10. The van der Waals surface area contributed by atoms with E-state index in [4.69, 9.17) is 4.74 Å². The zero-order valence-corrected chi connectivity index (χ0v) is 15.4. The molecule has 0 aromatic heterocycles. The topological polar surface area (TPSA) is 46.5 Å². The Morgan fingerprint density at radius 1 is 1.00 bits per heavy atom. The number of hydrogen-bond donors (Lipinski definition) is 1. The number of rotatable bonds is 9. The van der Waals surface area contributed by atoms with Gasteiger partial charge in [-0.25, -0.2) is 0 Å². The van der Waals surface area contributed by atoms with Gasteiger partial charge in [0.05, 0.1) is 25.2 Å². The molecule has 0 saturated carbocycles. The molecule has 2 aromatic rings. The van der Waals surface area contributed by atoms with Crippen LogP contribution in [0.5, 0.6) is 11.5 Å². The van der Waals surface area contributed by atoms with Crippen LogP contribution in [-0.2, 0) is 0 Å². The highest BCUT2D eigenvalue weighted by atomic mass is 16.5. The van der Waals surface area contributed by atoms with Crippen LogP contribution in [0.3, 0.4) is 0 Å². The third kappa shape index (κ3) is 4.60. The molecule has 0 saturated heterocycles. The highest BCUT2D eigenvalue weighted by Crippen LogP contribution is 2.26. The van der Waals surface area contributed by atoms with Gasteiger partial charge in [0.2, 0.25) is 0 Å². The molecule has 0 atom stereocenters. The number of aromatic hydroxyl groups is 1. The van der Waals surface area contributed by atoms with E-state index in [9.17, 15) is 9.90 Å². The fraction of sp³-hybridized carbons (Fsp3) is 0.381. The molecule has 1 N–H and O–H groups in total. The lowest BCUT2D eigenvalue weighted by Gasteiger charge is -2.35. The van der Waals surface area contributed by atoms with E-state index in [2.05, 4.69) is 20.8 Å². The lowest BCUT2D eigenvalue weighted by molar-refractivity contribution is -0.923.